The van der Waals surface area contributed by atoms with Crippen LogP contribution in [0.2, 0.25) is 0 Å². The van der Waals surface area contributed by atoms with Gasteiger partial charge in [0.2, 0.25) is 0 Å². The number of rotatable bonds is 13. The Hall–Kier alpha value is -3.31. The third kappa shape index (κ3) is 6.72. The molecule has 4 rings (SSSR count). The molecular formula is C32H37F2N3. The SMILES string of the molecule is CCCCCn1c(-c2ccccc2)nc(-c2ccccc2)c1CN(CCCC)Cc1c(F)cccc1F. The van der Waals surface area contributed by atoms with E-state index in [2.05, 4.69) is 47.6 Å². The van der Waals surface area contributed by atoms with Gasteiger partial charge in [0.1, 0.15) is 17.5 Å². The maximum atomic E-state index is 14.6. The molecule has 5 heteroatoms. The second-order valence-corrected chi connectivity index (χ2v) is 9.59. The van der Waals surface area contributed by atoms with Gasteiger partial charge in [0, 0.05) is 36.3 Å². The Bertz CT molecular complexity index is 1230. The molecule has 0 aliphatic heterocycles. The van der Waals surface area contributed by atoms with Crippen LogP contribution in [0.3, 0.4) is 0 Å². The van der Waals surface area contributed by atoms with E-state index in [1.165, 1.54) is 18.2 Å². The Balaban J connectivity index is 1.81. The molecule has 0 spiro atoms. The zero-order valence-corrected chi connectivity index (χ0v) is 22.0. The summed E-state index contributed by atoms with van der Waals surface area (Å²) in [6.45, 7) is 6.72. The van der Waals surface area contributed by atoms with Crippen molar-refractivity contribution >= 4 is 0 Å². The zero-order chi connectivity index (χ0) is 26.0. The van der Waals surface area contributed by atoms with E-state index < -0.39 is 11.6 Å². The number of halogens is 2. The van der Waals surface area contributed by atoms with Gasteiger partial charge in [-0.05, 0) is 31.5 Å². The van der Waals surface area contributed by atoms with E-state index in [0.29, 0.717) is 6.54 Å². The monoisotopic (exact) mass is 501 g/mol. The summed E-state index contributed by atoms with van der Waals surface area (Å²) in [6.07, 6.45) is 5.27. The minimum Gasteiger partial charge on any atom is -0.326 e. The highest BCUT2D eigenvalue weighted by molar-refractivity contribution is 5.68. The fourth-order valence-corrected chi connectivity index (χ4v) is 4.76. The van der Waals surface area contributed by atoms with Crippen molar-refractivity contribution in [2.24, 2.45) is 0 Å². The van der Waals surface area contributed by atoms with Crippen LogP contribution in [-0.4, -0.2) is 21.0 Å². The van der Waals surface area contributed by atoms with Gasteiger partial charge < -0.3 is 4.57 Å². The van der Waals surface area contributed by atoms with Gasteiger partial charge in [-0.25, -0.2) is 13.8 Å². The molecule has 0 saturated carbocycles. The van der Waals surface area contributed by atoms with Gasteiger partial charge >= 0.3 is 0 Å². The summed E-state index contributed by atoms with van der Waals surface area (Å²) in [7, 11) is 0. The number of hydrogen-bond acceptors (Lipinski definition) is 2. The van der Waals surface area contributed by atoms with Crippen LogP contribution in [0.25, 0.3) is 22.6 Å². The van der Waals surface area contributed by atoms with Crippen LogP contribution in [0.1, 0.15) is 57.2 Å². The van der Waals surface area contributed by atoms with Gasteiger partial charge in [0.05, 0.1) is 11.4 Å². The van der Waals surface area contributed by atoms with Gasteiger partial charge in [-0.2, -0.15) is 0 Å². The molecule has 0 radical (unpaired) electrons. The molecule has 0 N–H and O–H groups in total. The van der Waals surface area contributed by atoms with Gasteiger partial charge in [-0.1, -0.05) is 99.8 Å². The number of unbranched alkanes of at least 4 members (excludes halogenated alkanes) is 3. The lowest BCUT2D eigenvalue weighted by molar-refractivity contribution is 0.239. The van der Waals surface area contributed by atoms with E-state index in [1.807, 2.05) is 36.4 Å². The first kappa shape index (κ1) is 26.7. The third-order valence-corrected chi connectivity index (χ3v) is 6.78. The highest BCUT2D eigenvalue weighted by Crippen LogP contribution is 2.31. The van der Waals surface area contributed by atoms with Crippen molar-refractivity contribution in [3.8, 4) is 22.6 Å². The number of hydrogen-bond donors (Lipinski definition) is 0. The fourth-order valence-electron chi connectivity index (χ4n) is 4.76. The van der Waals surface area contributed by atoms with Crippen LogP contribution in [-0.2, 0) is 19.6 Å². The van der Waals surface area contributed by atoms with Crippen molar-refractivity contribution in [3.63, 3.8) is 0 Å². The number of nitrogens with zero attached hydrogens (tertiary/aromatic N) is 3. The zero-order valence-electron chi connectivity index (χ0n) is 22.0. The topological polar surface area (TPSA) is 21.1 Å². The number of benzene rings is 3. The Kier molecular flexibility index (Phi) is 9.61. The second kappa shape index (κ2) is 13.3. The highest BCUT2D eigenvalue weighted by atomic mass is 19.1. The summed E-state index contributed by atoms with van der Waals surface area (Å²) in [6, 6.07) is 24.6. The predicted octanol–water partition coefficient (Wildman–Crippen LogP) is 8.49. The summed E-state index contributed by atoms with van der Waals surface area (Å²) < 4.78 is 31.6. The average molecular weight is 502 g/mol. The second-order valence-electron chi connectivity index (χ2n) is 9.59. The standard InChI is InChI=1S/C32H37F2N3/c1-3-5-13-22-37-30(24-36(21-6-4-2)23-27-28(33)19-14-20-29(27)34)31(25-15-9-7-10-16-25)35-32(37)26-17-11-8-12-18-26/h7-12,14-20H,3-6,13,21-24H2,1-2H3. The van der Waals surface area contributed by atoms with Gasteiger partial charge in [-0.15, -0.1) is 0 Å². The summed E-state index contributed by atoms with van der Waals surface area (Å²) in [4.78, 5) is 7.36. The fraction of sp³-hybridized carbons (Fsp3) is 0.344. The maximum Gasteiger partial charge on any atom is 0.140 e. The summed E-state index contributed by atoms with van der Waals surface area (Å²) in [5.74, 6) is -0.0458. The lowest BCUT2D eigenvalue weighted by Gasteiger charge is -2.24. The largest absolute Gasteiger partial charge is 0.326 e. The molecule has 37 heavy (non-hydrogen) atoms. The van der Waals surface area contributed by atoms with Gasteiger partial charge in [-0.3, -0.25) is 4.90 Å². The number of aromatic nitrogens is 2. The molecule has 3 aromatic carbocycles. The Morgan fingerprint density at radius 2 is 1.32 bits per heavy atom. The molecule has 0 aliphatic rings. The van der Waals surface area contributed by atoms with Crippen LogP contribution in [0, 0.1) is 11.6 Å². The molecule has 1 aromatic heterocycles. The molecule has 0 saturated heterocycles. The third-order valence-electron chi connectivity index (χ3n) is 6.78. The molecule has 4 aromatic rings. The van der Waals surface area contributed by atoms with E-state index >= 15 is 0 Å². The van der Waals surface area contributed by atoms with Crippen molar-refractivity contribution in [2.75, 3.05) is 6.54 Å². The quantitative estimate of drug-likeness (QED) is 0.171. The molecule has 3 nitrogen and oxygen atoms in total. The van der Waals surface area contributed by atoms with E-state index in [9.17, 15) is 8.78 Å². The molecule has 0 bridgehead atoms. The van der Waals surface area contributed by atoms with E-state index in [-0.39, 0.29) is 12.1 Å². The van der Waals surface area contributed by atoms with E-state index in [4.69, 9.17) is 4.98 Å². The van der Waals surface area contributed by atoms with Crippen LogP contribution in [0.4, 0.5) is 8.78 Å². The van der Waals surface area contributed by atoms with Crippen LogP contribution in [0.5, 0.6) is 0 Å². The minimum absolute atomic E-state index is 0.125. The van der Waals surface area contributed by atoms with Crippen molar-refractivity contribution < 1.29 is 8.78 Å². The summed E-state index contributed by atoms with van der Waals surface area (Å²) in [5, 5.41) is 0. The molecule has 0 atom stereocenters. The van der Waals surface area contributed by atoms with Crippen LogP contribution in [0.15, 0.2) is 78.9 Å². The lowest BCUT2D eigenvalue weighted by atomic mass is 10.1. The van der Waals surface area contributed by atoms with E-state index in [0.717, 1.165) is 73.5 Å². The van der Waals surface area contributed by atoms with Crippen molar-refractivity contribution in [1.82, 2.24) is 14.5 Å². The lowest BCUT2D eigenvalue weighted by Crippen LogP contribution is -2.27. The van der Waals surface area contributed by atoms with Gasteiger partial charge in [0.15, 0.2) is 0 Å². The highest BCUT2D eigenvalue weighted by Gasteiger charge is 2.23. The Morgan fingerprint density at radius 3 is 1.95 bits per heavy atom. The molecule has 0 amide bonds. The maximum absolute atomic E-state index is 14.6. The summed E-state index contributed by atoms with van der Waals surface area (Å²) >= 11 is 0. The number of imidazole rings is 1. The first-order valence-corrected chi connectivity index (χ1v) is 13.5. The molecule has 0 unspecified atom stereocenters. The minimum atomic E-state index is -0.494. The van der Waals surface area contributed by atoms with E-state index in [1.54, 1.807) is 0 Å². The first-order chi connectivity index (χ1) is 18.1. The first-order valence-electron chi connectivity index (χ1n) is 13.5. The normalized spacial score (nSPS) is 11.4. The molecule has 194 valence electrons. The Morgan fingerprint density at radius 1 is 0.703 bits per heavy atom. The molecule has 1 heterocycles. The molecule has 0 aliphatic carbocycles. The van der Waals surface area contributed by atoms with Crippen molar-refractivity contribution in [3.05, 3.63) is 102 Å². The molecular weight excluding hydrogens is 464 g/mol. The van der Waals surface area contributed by atoms with Crippen molar-refractivity contribution in [1.29, 1.82) is 0 Å². The van der Waals surface area contributed by atoms with Crippen LogP contribution < -0.4 is 0 Å². The molecule has 0 fully saturated rings. The Labute approximate surface area is 219 Å². The predicted molar refractivity (Wildman–Crippen MR) is 148 cm³/mol. The summed E-state index contributed by atoms with van der Waals surface area (Å²) in [5.41, 5.74) is 4.28. The van der Waals surface area contributed by atoms with Crippen LogP contribution >= 0.6 is 0 Å². The van der Waals surface area contributed by atoms with Crippen molar-refractivity contribution in [2.45, 2.75) is 65.6 Å². The van der Waals surface area contributed by atoms with Gasteiger partial charge in [0.25, 0.3) is 0 Å². The average Bonchev–Trinajstić information content (AvgIpc) is 3.28. The smallest absolute Gasteiger partial charge is 0.140 e.